The molecule has 2 atom stereocenters. The topological polar surface area (TPSA) is 137 Å². The number of carbonyl (C=O) groups excluding carboxylic acids is 2. The van der Waals surface area contributed by atoms with E-state index in [1.807, 2.05) is 11.3 Å². The number of fused-ring (bicyclic) bond motifs is 1. The van der Waals surface area contributed by atoms with E-state index in [-0.39, 0.29) is 29.0 Å². The number of Topliss-reactive ketones (excluding diaryl/α,β-unsaturated/α-hetero) is 1. The van der Waals surface area contributed by atoms with Gasteiger partial charge in [-0.2, -0.15) is 13.2 Å². The Morgan fingerprint density at radius 3 is 2.51 bits per heavy atom. The van der Waals surface area contributed by atoms with Crippen molar-refractivity contribution < 1.29 is 27.5 Å². The summed E-state index contributed by atoms with van der Waals surface area (Å²) in [5, 5.41) is 5.89. The molecule has 3 aromatic heterocycles. The lowest BCUT2D eigenvalue weighted by Gasteiger charge is -2.46. The van der Waals surface area contributed by atoms with Crippen molar-refractivity contribution in [1.29, 1.82) is 0 Å². The van der Waals surface area contributed by atoms with Crippen LogP contribution in [0.25, 0.3) is 16.8 Å². The fourth-order valence-corrected chi connectivity index (χ4v) is 5.85. The number of carbonyl (C=O) groups is 2. The zero-order chi connectivity index (χ0) is 30.6. The average molecular weight is 594 g/mol. The molecule has 6 rings (SSSR count). The van der Waals surface area contributed by atoms with E-state index in [1.165, 1.54) is 12.1 Å². The van der Waals surface area contributed by atoms with Gasteiger partial charge in [0.05, 0.1) is 24.2 Å². The molecular formula is C30H30F3N7O3. The van der Waals surface area contributed by atoms with E-state index in [4.69, 9.17) is 15.5 Å². The van der Waals surface area contributed by atoms with Crippen LogP contribution >= 0.6 is 0 Å². The Morgan fingerprint density at radius 1 is 1.14 bits per heavy atom. The van der Waals surface area contributed by atoms with Gasteiger partial charge in [-0.1, -0.05) is 12.1 Å². The number of aromatic nitrogens is 4. The van der Waals surface area contributed by atoms with Crippen LogP contribution in [0.1, 0.15) is 48.4 Å². The molecular weight excluding hydrogens is 563 g/mol. The summed E-state index contributed by atoms with van der Waals surface area (Å²) in [5.74, 6) is 0.00385. The van der Waals surface area contributed by atoms with E-state index in [2.05, 4.69) is 27.5 Å². The first-order valence-electron chi connectivity index (χ1n) is 13.9. The molecule has 43 heavy (non-hydrogen) atoms. The highest BCUT2D eigenvalue weighted by Crippen LogP contribution is 2.44. The molecule has 1 aromatic carbocycles. The van der Waals surface area contributed by atoms with E-state index in [9.17, 15) is 22.8 Å². The number of ether oxygens (including phenoxy) is 1. The van der Waals surface area contributed by atoms with E-state index in [0.29, 0.717) is 48.8 Å². The largest absolute Gasteiger partial charge is 0.416 e. The first-order chi connectivity index (χ1) is 20.4. The Morgan fingerprint density at radius 2 is 1.88 bits per heavy atom. The summed E-state index contributed by atoms with van der Waals surface area (Å²) >= 11 is 0. The van der Waals surface area contributed by atoms with Gasteiger partial charge < -0.3 is 21.1 Å². The van der Waals surface area contributed by atoms with Gasteiger partial charge in [0.1, 0.15) is 34.1 Å². The summed E-state index contributed by atoms with van der Waals surface area (Å²) < 4.78 is 46.5. The number of nitrogen functional groups attached to an aromatic ring is 1. The maximum absolute atomic E-state index is 14.2. The van der Waals surface area contributed by atoms with Crippen LogP contribution in [0.3, 0.4) is 0 Å². The number of nitrogens with zero attached hydrogens (tertiary/aromatic N) is 4. The molecule has 5 heterocycles. The number of anilines is 2. The molecule has 0 radical (unpaired) electrons. The van der Waals surface area contributed by atoms with Crippen LogP contribution in [0.2, 0.25) is 0 Å². The summed E-state index contributed by atoms with van der Waals surface area (Å²) in [5.41, 5.74) is 5.73. The van der Waals surface area contributed by atoms with Crippen molar-refractivity contribution in [2.75, 3.05) is 30.8 Å². The molecule has 4 aromatic rings. The number of imidazole rings is 1. The highest BCUT2D eigenvalue weighted by Gasteiger charge is 2.55. The van der Waals surface area contributed by atoms with Gasteiger partial charge in [-0.05, 0) is 51.0 Å². The number of nitrogens with one attached hydrogen (secondary N) is 2. The van der Waals surface area contributed by atoms with Gasteiger partial charge in [0.2, 0.25) is 0 Å². The molecule has 0 saturated carbocycles. The van der Waals surface area contributed by atoms with Crippen molar-refractivity contribution in [3.8, 4) is 11.3 Å². The van der Waals surface area contributed by atoms with Crippen molar-refractivity contribution in [2.45, 2.75) is 44.3 Å². The summed E-state index contributed by atoms with van der Waals surface area (Å²) in [6.45, 7) is 5.11. The number of alkyl halides is 3. The van der Waals surface area contributed by atoms with E-state index >= 15 is 0 Å². The number of piperidine rings is 1. The summed E-state index contributed by atoms with van der Waals surface area (Å²) in [6, 6.07) is 8.26. The molecule has 4 N–H and O–H groups in total. The molecule has 2 fully saturated rings. The monoisotopic (exact) mass is 593 g/mol. The van der Waals surface area contributed by atoms with Crippen LogP contribution in [-0.2, 0) is 21.1 Å². The van der Waals surface area contributed by atoms with Gasteiger partial charge in [0.15, 0.2) is 5.78 Å². The van der Waals surface area contributed by atoms with Gasteiger partial charge in [-0.15, -0.1) is 0 Å². The lowest BCUT2D eigenvalue weighted by atomic mass is 9.65. The molecule has 224 valence electrons. The second-order valence-electron chi connectivity index (χ2n) is 11.6. The normalized spacial score (nSPS) is 21.7. The van der Waals surface area contributed by atoms with Gasteiger partial charge in [-0.25, -0.2) is 15.0 Å². The van der Waals surface area contributed by atoms with Gasteiger partial charge in [-0.3, -0.25) is 14.0 Å². The standard InChI is InChI=1S/C30H30F3N7O3/c1-17-7-9-29(14-37-17,26(42)28(2)15-43-16-28)27-39-22(23-24(34)36-11-12-40(23)27)18-3-5-19(6-4-18)25(41)38-21-13-20(8-10-35-21)30(31,32)33/h3-6,8,10-13,17,37H,7,9,14-16H2,1-2H3,(H2,34,36)(H,35,38,41)/t17-,29-/m0/s1. The van der Waals surface area contributed by atoms with Crippen LogP contribution in [0.5, 0.6) is 0 Å². The maximum Gasteiger partial charge on any atom is 0.416 e. The molecule has 2 aliphatic heterocycles. The van der Waals surface area contributed by atoms with Crippen LogP contribution in [0.15, 0.2) is 55.0 Å². The molecule has 10 nitrogen and oxygen atoms in total. The number of amides is 1. The summed E-state index contributed by atoms with van der Waals surface area (Å²) in [7, 11) is 0. The quantitative estimate of drug-likeness (QED) is 0.302. The molecule has 13 heteroatoms. The second-order valence-corrected chi connectivity index (χ2v) is 11.6. The Labute approximate surface area is 244 Å². The fourth-order valence-electron chi connectivity index (χ4n) is 5.85. The van der Waals surface area contributed by atoms with Crippen molar-refractivity contribution in [3.63, 3.8) is 0 Å². The van der Waals surface area contributed by atoms with Gasteiger partial charge >= 0.3 is 6.18 Å². The van der Waals surface area contributed by atoms with E-state index in [1.54, 1.807) is 24.5 Å². The highest BCUT2D eigenvalue weighted by atomic mass is 19.4. The predicted octanol–water partition coefficient (Wildman–Crippen LogP) is 4.26. The number of benzene rings is 1. The van der Waals surface area contributed by atoms with Crippen molar-refractivity contribution in [2.24, 2.45) is 5.41 Å². The van der Waals surface area contributed by atoms with E-state index < -0.39 is 28.5 Å². The fraction of sp³-hybridized carbons (Fsp3) is 0.367. The van der Waals surface area contributed by atoms with Crippen LogP contribution < -0.4 is 16.4 Å². The van der Waals surface area contributed by atoms with Crippen molar-refractivity contribution in [1.82, 2.24) is 24.7 Å². The first kappa shape index (κ1) is 28.7. The molecule has 0 aliphatic carbocycles. The third kappa shape index (κ3) is 5.01. The third-order valence-corrected chi connectivity index (χ3v) is 8.34. The van der Waals surface area contributed by atoms with Crippen LogP contribution in [0, 0.1) is 5.41 Å². The minimum absolute atomic E-state index is 0.0645. The number of ketones is 1. The highest BCUT2D eigenvalue weighted by molar-refractivity contribution is 6.04. The van der Waals surface area contributed by atoms with Crippen molar-refractivity contribution >= 4 is 28.8 Å². The minimum atomic E-state index is -4.56. The van der Waals surface area contributed by atoms with E-state index in [0.717, 1.165) is 24.8 Å². The zero-order valence-corrected chi connectivity index (χ0v) is 23.5. The summed E-state index contributed by atoms with van der Waals surface area (Å²) in [4.78, 5) is 40.2. The number of hydrogen-bond donors (Lipinski definition) is 3. The first-order valence-corrected chi connectivity index (χ1v) is 13.9. The Bertz CT molecular complexity index is 1710. The lowest BCUT2D eigenvalue weighted by molar-refractivity contribution is -0.162. The van der Waals surface area contributed by atoms with Gasteiger partial charge in [0.25, 0.3) is 5.91 Å². The Kier molecular flexibility index (Phi) is 6.97. The smallest absolute Gasteiger partial charge is 0.382 e. The Hall–Kier alpha value is -4.36. The molecule has 2 aliphatic rings. The average Bonchev–Trinajstić information content (AvgIpc) is 3.37. The minimum Gasteiger partial charge on any atom is -0.382 e. The van der Waals surface area contributed by atoms with Crippen molar-refractivity contribution in [3.05, 3.63) is 71.9 Å². The van der Waals surface area contributed by atoms with Crippen LogP contribution in [-0.4, -0.2) is 56.8 Å². The van der Waals surface area contributed by atoms with Crippen LogP contribution in [0.4, 0.5) is 24.8 Å². The molecule has 1 amide bonds. The number of rotatable bonds is 6. The number of nitrogens with two attached hydrogens (primary N) is 1. The summed E-state index contributed by atoms with van der Waals surface area (Å²) in [6.07, 6.45) is 1.11. The molecule has 0 spiro atoms. The third-order valence-electron chi connectivity index (χ3n) is 8.34. The predicted molar refractivity (Wildman–Crippen MR) is 152 cm³/mol. The lowest BCUT2D eigenvalue weighted by Crippen LogP contribution is -2.61. The number of pyridine rings is 1. The second kappa shape index (κ2) is 10.4. The molecule has 2 saturated heterocycles. The SMILES string of the molecule is C[C@H]1CC[C@](C(=O)C2(C)COC2)(c2nc(-c3ccc(C(=O)Nc4cc(C(F)(F)F)ccn4)cc3)c3c(N)nccn23)CN1. The van der Waals surface area contributed by atoms with Gasteiger partial charge in [0, 0.05) is 42.3 Å². The number of halogens is 3. The maximum atomic E-state index is 14.2. The number of hydrogen-bond acceptors (Lipinski definition) is 8. The zero-order valence-electron chi connectivity index (χ0n) is 23.5. The molecule has 0 unspecified atom stereocenters. The Balaban J connectivity index is 1.37. The molecule has 0 bridgehead atoms.